The second-order valence-corrected chi connectivity index (χ2v) is 11.8. The summed E-state index contributed by atoms with van der Waals surface area (Å²) in [6.45, 7) is 35.6. The molecule has 1 heterocycles. The Balaban J connectivity index is 0.00000114. The maximum absolute atomic E-state index is 9.64. The van der Waals surface area contributed by atoms with Crippen LogP contribution in [0.1, 0.15) is 122 Å². The summed E-state index contributed by atoms with van der Waals surface area (Å²) in [6, 6.07) is 13.4. The van der Waals surface area contributed by atoms with E-state index in [0.29, 0.717) is 29.2 Å². The molecule has 2 aromatic rings. The van der Waals surface area contributed by atoms with Crippen LogP contribution in [0.4, 0.5) is 11.4 Å². The summed E-state index contributed by atoms with van der Waals surface area (Å²) in [7, 11) is 0. The number of nitrogens with zero attached hydrogens (tertiary/aromatic N) is 2. The van der Waals surface area contributed by atoms with Crippen LogP contribution in [-0.2, 0) is 25.2 Å². The van der Waals surface area contributed by atoms with Crippen LogP contribution >= 0.6 is 0 Å². The molecule has 0 bridgehead atoms. The first kappa shape index (κ1) is 38.7. The first-order valence-corrected chi connectivity index (χ1v) is 14.2. The van der Waals surface area contributed by atoms with Gasteiger partial charge in [-0.2, -0.15) is 0 Å². The van der Waals surface area contributed by atoms with Crippen LogP contribution in [0.2, 0.25) is 0 Å². The minimum atomic E-state index is -1.06. The monoisotopic (exact) mass is 648 g/mol. The third-order valence-electron chi connectivity index (χ3n) is 6.19. The van der Waals surface area contributed by atoms with Crippen molar-refractivity contribution >= 4 is 17.3 Å². The van der Waals surface area contributed by atoms with E-state index in [4.69, 9.17) is 0 Å². The normalized spacial score (nSPS) is 12.4. The van der Waals surface area contributed by atoms with Crippen LogP contribution in [0.5, 0.6) is 0 Å². The van der Waals surface area contributed by atoms with E-state index in [9.17, 15) is 9.90 Å². The average molecular weight is 649 g/mol. The fourth-order valence-corrected chi connectivity index (χ4v) is 4.39. The van der Waals surface area contributed by atoms with Gasteiger partial charge in [-0.05, 0) is 72.6 Å². The van der Waals surface area contributed by atoms with Crippen molar-refractivity contribution in [3.05, 3.63) is 110 Å². The van der Waals surface area contributed by atoms with Crippen molar-refractivity contribution in [2.75, 3.05) is 9.80 Å². The number of carbonyl (C=O) groups excluding carboxylic acids is 1. The smallest absolute Gasteiger partial charge is 0.550 e. The Morgan fingerprint density at radius 3 is 1.17 bits per heavy atom. The van der Waals surface area contributed by atoms with E-state index in [1.807, 2.05) is 6.92 Å². The number of benzene rings is 2. The zero-order valence-corrected chi connectivity index (χ0v) is 28.3. The van der Waals surface area contributed by atoms with Crippen molar-refractivity contribution in [3.63, 3.8) is 0 Å². The van der Waals surface area contributed by atoms with E-state index in [2.05, 4.69) is 141 Å². The maximum Gasteiger partial charge on any atom is 2.00 e. The first-order valence-electron chi connectivity index (χ1n) is 14.2. The molecule has 3 rings (SSSR count). The molecule has 5 heteroatoms. The Morgan fingerprint density at radius 2 is 1.00 bits per heavy atom. The van der Waals surface area contributed by atoms with Gasteiger partial charge in [-0.25, -0.2) is 0 Å². The number of aliphatic carboxylic acids is 1. The van der Waals surface area contributed by atoms with E-state index in [-0.39, 0.29) is 26.8 Å². The van der Waals surface area contributed by atoms with Gasteiger partial charge in [0.2, 0.25) is 6.67 Å². The van der Waals surface area contributed by atoms with Gasteiger partial charge in [0.15, 0.2) is 0 Å². The van der Waals surface area contributed by atoms with Crippen molar-refractivity contribution in [2.45, 2.75) is 99.3 Å². The molecule has 1 aliphatic rings. The molecule has 0 atom stereocenters. The Kier molecular flexibility index (Phi) is 17.2. The van der Waals surface area contributed by atoms with Crippen LogP contribution in [0.3, 0.4) is 0 Å². The standard InChI is InChI=1S/C27H36N2.C5H8O2.C4H7.Pd/c1-18(2)22-11-9-12-23(19(3)4)26(22)28-15-16-29(17-28)27-24(20(5)6)13-10-14-25(27)21(7)8;1-4(2)3-5(6)7;1-4(2)3;/h9-16,18-21H,1-8H3;1,3H2,2H3,(H,6,7);1-2H2,3H3;/q;;;+2/p-1. The van der Waals surface area contributed by atoms with E-state index in [1.165, 1.54) is 33.6 Å². The van der Waals surface area contributed by atoms with Gasteiger partial charge in [0.1, 0.15) is 0 Å². The summed E-state index contributed by atoms with van der Waals surface area (Å²) in [4.78, 5) is 14.0. The molecule has 0 amide bonds. The van der Waals surface area contributed by atoms with Crippen molar-refractivity contribution < 1.29 is 30.3 Å². The zero-order valence-electron chi connectivity index (χ0n) is 26.8. The molecule has 0 N–H and O–H groups in total. The summed E-state index contributed by atoms with van der Waals surface area (Å²) in [5, 5.41) is 9.64. The zero-order chi connectivity index (χ0) is 30.7. The minimum Gasteiger partial charge on any atom is -0.550 e. The van der Waals surface area contributed by atoms with E-state index in [0.717, 1.165) is 5.92 Å². The first-order chi connectivity index (χ1) is 18.6. The largest absolute Gasteiger partial charge is 2.00 e. The van der Waals surface area contributed by atoms with Crippen molar-refractivity contribution in [1.82, 2.24) is 0 Å². The summed E-state index contributed by atoms with van der Waals surface area (Å²) >= 11 is 0. The molecule has 225 valence electrons. The van der Waals surface area contributed by atoms with Crippen molar-refractivity contribution in [3.8, 4) is 0 Å². The molecule has 0 saturated carbocycles. The van der Waals surface area contributed by atoms with Gasteiger partial charge in [0.25, 0.3) is 0 Å². The number of anilines is 2. The van der Waals surface area contributed by atoms with E-state index < -0.39 is 5.97 Å². The second-order valence-electron chi connectivity index (χ2n) is 11.8. The third-order valence-corrected chi connectivity index (χ3v) is 6.19. The molecule has 0 aliphatic carbocycles. The number of hydrogen-bond donors (Lipinski definition) is 0. The number of hydrogen-bond acceptors (Lipinski definition) is 4. The Hall–Kier alpha value is -2.35. The minimum absolute atomic E-state index is 0. The third kappa shape index (κ3) is 12.2. The molecule has 2 aromatic carbocycles. The predicted molar refractivity (Wildman–Crippen MR) is 171 cm³/mol. The Labute approximate surface area is 265 Å². The van der Waals surface area contributed by atoms with Gasteiger partial charge in [-0.3, -0.25) is 0 Å². The van der Waals surface area contributed by atoms with Gasteiger partial charge in [0.05, 0.1) is 11.4 Å². The molecule has 0 spiro atoms. The Bertz CT molecular complexity index is 994. The van der Waals surface area contributed by atoms with Crippen LogP contribution in [0, 0.1) is 26.4 Å². The van der Waals surface area contributed by atoms with Crippen LogP contribution in [0.25, 0.3) is 0 Å². The molecule has 1 aliphatic heterocycles. The topological polar surface area (TPSA) is 46.6 Å². The molecular formula is C36H50N2O2Pd+. The SMILES string of the molecule is C=C(C)CC(=O)[O-].CC(C)c1cccc(C(C)C)c1N1[C]N(c2c(C(C)C)cccc2C(C)C)C=C1.[CH2][C]([CH2])C.[Pd+2]. The Morgan fingerprint density at radius 1 is 0.732 bits per heavy atom. The summed E-state index contributed by atoms with van der Waals surface area (Å²) in [5.74, 6) is 1.70. The molecule has 0 unspecified atom stereocenters. The maximum atomic E-state index is 9.64. The fourth-order valence-electron chi connectivity index (χ4n) is 4.39. The van der Waals surface area contributed by atoms with Crippen LogP contribution < -0.4 is 14.9 Å². The number of rotatable bonds is 8. The molecule has 41 heavy (non-hydrogen) atoms. The van der Waals surface area contributed by atoms with E-state index in [1.54, 1.807) is 6.92 Å². The van der Waals surface area contributed by atoms with Gasteiger partial charge >= 0.3 is 20.4 Å². The van der Waals surface area contributed by atoms with E-state index >= 15 is 0 Å². The van der Waals surface area contributed by atoms with Crippen LogP contribution in [0.15, 0.2) is 61.0 Å². The number of carboxylic acids is 1. The predicted octanol–water partition coefficient (Wildman–Crippen LogP) is 8.92. The number of carboxylic acid groups (broad SMARTS) is 1. The quantitative estimate of drug-likeness (QED) is 0.212. The molecule has 0 saturated heterocycles. The molecule has 0 fully saturated rings. The van der Waals surface area contributed by atoms with Gasteiger partial charge in [-0.15, -0.1) is 0 Å². The molecular weight excluding hydrogens is 599 g/mol. The van der Waals surface area contributed by atoms with Crippen LogP contribution in [-0.4, -0.2) is 5.97 Å². The summed E-state index contributed by atoms with van der Waals surface area (Å²) in [5.41, 5.74) is 8.68. The van der Waals surface area contributed by atoms with Crippen molar-refractivity contribution in [2.24, 2.45) is 0 Å². The van der Waals surface area contributed by atoms with Gasteiger partial charge in [0, 0.05) is 24.8 Å². The summed E-state index contributed by atoms with van der Waals surface area (Å²) < 4.78 is 0. The fraction of sp³-hybridized carbons (Fsp3) is 0.417. The molecule has 5 radical (unpaired) electrons. The van der Waals surface area contributed by atoms with Crippen molar-refractivity contribution in [1.29, 1.82) is 0 Å². The molecule has 0 aromatic heterocycles. The number of para-hydroxylation sites is 2. The average Bonchev–Trinajstić information content (AvgIpc) is 3.31. The summed E-state index contributed by atoms with van der Waals surface area (Å²) in [6.07, 6.45) is 4.29. The second kappa shape index (κ2) is 18.2. The molecule has 4 nitrogen and oxygen atoms in total. The van der Waals surface area contributed by atoms with Gasteiger partial charge in [-0.1, -0.05) is 111 Å². The number of carbonyl (C=O) groups is 1. The van der Waals surface area contributed by atoms with Gasteiger partial charge < -0.3 is 19.7 Å².